The summed E-state index contributed by atoms with van der Waals surface area (Å²) in [5.41, 5.74) is 2.43. The van der Waals surface area contributed by atoms with Crippen molar-refractivity contribution in [1.82, 2.24) is 24.8 Å². The molecule has 2 aromatic rings. The van der Waals surface area contributed by atoms with Crippen LogP contribution in [0.2, 0.25) is 0 Å². The number of likely N-dealkylation sites (tertiary alicyclic amines) is 1. The standard InChI is InChI=1S/C21H30N6O2/c1-4-26(5-2)21(29)20-15-27(24-23-20)19-7-6-12-25(14-19)13-17-8-10-18(11-9-17)22-16(3)28/h8-11,15,19H,4-7,12-14H2,1-3H3,(H,22,28). The van der Waals surface area contributed by atoms with Gasteiger partial charge >= 0.3 is 0 Å². The first kappa shape index (κ1) is 21.0. The normalized spacial score (nSPS) is 17.1. The number of nitrogens with one attached hydrogen (secondary N) is 1. The van der Waals surface area contributed by atoms with Crippen LogP contribution in [0, 0.1) is 0 Å². The van der Waals surface area contributed by atoms with Crippen LogP contribution in [0.15, 0.2) is 30.5 Å². The van der Waals surface area contributed by atoms with E-state index in [2.05, 4.69) is 20.5 Å². The van der Waals surface area contributed by atoms with E-state index in [1.807, 2.05) is 42.8 Å². The molecule has 0 bridgehead atoms. The zero-order valence-electron chi connectivity index (χ0n) is 17.5. The van der Waals surface area contributed by atoms with Gasteiger partial charge < -0.3 is 10.2 Å². The molecule has 1 atom stereocenters. The summed E-state index contributed by atoms with van der Waals surface area (Å²) in [6.45, 7) is 9.52. The molecule has 0 saturated carbocycles. The van der Waals surface area contributed by atoms with Gasteiger partial charge in [-0.3, -0.25) is 14.5 Å². The third-order valence-corrected chi connectivity index (χ3v) is 5.32. The monoisotopic (exact) mass is 398 g/mol. The van der Waals surface area contributed by atoms with Crippen LogP contribution in [0.25, 0.3) is 0 Å². The third-order valence-electron chi connectivity index (χ3n) is 5.32. The van der Waals surface area contributed by atoms with E-state index in [0.29, 0.717) is 18.8 Å². The summed E-state index contributed by atoms with van der Waals surface area (Å²) in [7, 11) is 0. The van der Waals surface area contributed by atoms with E-state index >= 15 is 0 Å². The molecule has 1 aromatic carbocycles. The molecule has 8 nitrogen and oxygen atoms in total. The summed E-state index contributed by atoms with van der Waals surface area (Å²) in [4.78, 5) is 27.8. The number of nitrogens with zero attached hydrogens (tertiary/aromatic N) is 5. The average molecular weight is 399 g/mol. The number of carbonyl (C=O) groups excluding carboxylic acids is 2. The lowest BCUT2D eigenvalue weighted by atomic mass is 10.0. The van der Waals surface area contributed by atoms with E-state index in [0.717, 1.165) is 38.2 Å². The van der Waals surface area contributed by atoms with Gasteiger partial charge in [0.1, 0.15) is 0 Å². The highest BCUT2D eigenvalue weighted by Crippen LogP contribution is 2.23. The molecule has 1 saturated heterocycles. The lowest BCUT2D eigenvalue weighted by Crippen LogP contribution is -2.36. The molecule has 1 aliphatic rings. The van der Waals surface area contributed by atoms with Crippen molar-refractivity contribution in [2.24, 2.45) is 0 Å². The first-order chi connectivity index (χ1) is 14.0. The van der Waals surface area contributed by atoms with Gasteiger partial charge in [0.25, 0.3) is 5.91 Å². The second-order valence-corrected chi connectivity index (χ2v) is 7.47. The molecule has 0 radical (unpaired) electrons. The Morgan fingerprint density at radius 1 is 1.21 bits per heavy atom. The quantitative estimate of drug-likeness (QED) is 0.775. The Morgan fingerprint density at radius 2 is 1.93 bits per heavy atom. The van der Waals surface area contributed by atoms with Crippen LogP contribution in [-0.2, 0) is 11.3 Å². The first-order valence-corrected chi connectivity index (χ1v) is 10.3. The van der Waals surface area contributed by atoms with Crippen molar-refractivity contribution in [3.63, 3.8) is 0 Å². The van der Waals surface area contributed by atoms with Gasteiger partial charge in [0.05, 0.1) is 12.2 Å². The number of hydrogen-bond donors (Lipinski definition) is 1. The van der Waals surface area contributed by atoms with Crippen LogP contribution in [-0.4, -0.2) is 62.8 Å². The van der Waals surface area contributed by atoms with E-state index in [-0.39, 0.29) is 17.9 Å². The minimum absolute atomic E-state index is 0.0619. The van der Waals surface area contributed by atoms with Crippen LogP contribution in [0.3, 0.4) is 0 Å². The Morgan fingerprint density at radius 3 is 2.59 bits per heavy atom. The molecule has 1 fully saturated rings. The lowest BCUT2D eigenvalue weighted by molar-refractivity contribution is -0.114. The van der Waals surface area contributed by atoms with Crippen LogP contribution in [0.5, 0.6) is 0 Å². The fraction of sp³-hybridized carbons (Fsp3) is 0.524. The maximum atomic E-state index is 12.5. The molecule has 1 N–H and O–H groups in total. The van der Waals surface area contributed by atoms with Crippen LogP contribution >= 0.6 is 0 Å². The fourth-order valence-electron chi connectivity index (χ4n) is 3.77. The number of piperidine rings is 1. The number of anilines is 1. The number of carbonyl (C=O) groups is 2. The molecule has 0 spiro atoms. The highest BCUT2D eigenvalue weighted by Gasteiger charge is 2.24. The van der Waals surface area contributed by atoms with Crippen molar-refractivity contribution in [2.75, 3.05) is 31.5 Å². The second-order valence-electron chi connectivity index (χ2n) is 7.47. The van der Waals surface area contributed by atoms with Crippen molar-refractivity contribution in [3.8, 4) is 0 Å². The Balaban J connectivity index is 1.61. The van der Waals surface area contributed by atoms with Crippen LogP contribution in [0.1, 0.15) is 55.7 Å². The van der Waals surface area contributed by atoms with Gasteiger partial charge in [-0.15, -0.1) is 5.10 Å². The molecular formula is C21H30N6O2. The Hall–Kier alpha value is -2.74. The highest BCUT2D eigenvalue weighted by molar-refractivity contribution is 5.91. The molecule has 29 heavy (non-hydrogen) atoms. The maximum absolute atomic E-state index is 12.5. The molecule has 2 amide bonds. The number of aromatic nitrogens is 3. The van der Waals surface area contributed by atoms with Crippen molar-refractivity contribution in [2.45, 2.75) is 46.2 Å². The van der Waals surface area contributed by atoms with E-state index in [4.69, 9.17) is 0 Å². The van der Waals surface area contributed by atoms with Crippen molar-refractivity contribution >= 4 is 17.5 Å². The van der Waals surface area contributed by atoms with E-state index in [9.17, 15) is 9.59 Å². The van der Waals surface area contributed by atoms with Crippen LogP contribution in [0.4, 0.5) is 5.69 Å². The van der Waals surface area contributed by atoms with Crippen LogP contribution < -0.4 is 5.32 Å². The van der Waals surface area contributed by atoms with Gasteiger partial charge in [-0.25, -0.2) is 4.68 Å². The topological polar surface area (TPSA) is 83.4 Å². The summed E-state index contributed by atoms with van der Waals surface area (Å²) < 4.78 is 1.85. The van der Waals surface area contributed by atoms with Crippen molar-refractivity contribution in [1.29, 1.82) is 0 Å². The fourth-order valence-corrected chi connectivity index (χ4v) is 3.77. The molecular weight excluding hydrogens is 368 g/mol. The summed E-state index contributed by atoms with van der Waals surface area (Å²) in [5.74, 6) is -0.128. The average Bonchev–Trinajstić information content (AvgIpc) is 3.20. The number of benzene rings is 1. The Labute approximate surface area is 171 Å². The largest absolute Gasteiger partial charge is 0.338 e. The van der Waals surface area contributed by atoms with Gasteiger partial charge in [0.15, 0.2) is 5.69 Å². The van der Waals surface area contributed by atoms with Crippen molar-refractivity contribution in [3.05, 3.63) is 41.7 Å². The summed E-state index contributed by atoms with van der Waals surface area (Å²) in [6, 6.07) is 8.17. The van der Waals surface area contributed by atoms with E-state index in [1.165, 1.54) is 12.5 Å². The summed E-state index contributed by atoms with van der Waals surface area (Å²) >= 11 is 0. The maximum Gasteiger partial charge on any atom is 0.276 e. The zero-order valence-corrected chi connectivity index (χ0v) is 17.5. The van der Waals surface area contributed by atoms with E-state index < -0.39 is 0 Å². The zero-order chi connectivity index (χ0) is 20.8. The predicted octanol–water partition coefficient (Wildman–Crippen LogP) is 2.56. The van der Waals surface area contributed by atoms with Gasteiger partial charge in [-0.05, 0) is 50.9 Å². The smallest absolute Gasteiger partial charge is 0.276 e. The molecule has 2 heterocycles. The first-order valence-electron chi connectivity index (χ1n) is 10.3. The Kier molecular flexibility index (Phi) is 6.98. The van der Waals surface area contributed by atoms with E-state index in [1.54, 1.807) is 11.1 Å². The predicted molar refractivity (Wildman–Crippen MR) is 112 cm³/mol. The molecule has 1 unspecified atom stereocenters. The molecule has 1 aromatic heterocycles. The number of amides is 2. The third kappa shape index (κ3) is 5.41. The Bertz CT molecular complexity index is 828. The molecule has 3 rings (SSSR count). The van der Waals surface area contributed by atoms with Gasteiger partial charge in [0.2, 0.25) is 5.91 Å². The highest BCUT2D eigenvalue weighted by atomic mass is 16.2. The lowest BCUT2D eigenvalue weighted by Gasteiger charge is -2.32. The summed E-state index contributed by atoms with van der Waals surface area (Å²) in [6.07, 6.45) is 3.89. The minimum Gasteiger partial charge on any atom is -0.338 e. The van der Waals surface area contributed by atoms with Gasteiger partial charge in [-0.2, -0.15) is 0 Å². The summed E-state index contributed by atoms with van der Waals surface area (Å²) in [5, 5.41) is 11.2. The van der Waals surface area contributed by atoms with Gasteiger partial charge in [-0.1, -0.05) is 17.3 Å². The molecule has 1 aliphatic heterocycles. The number of rotatable bonds is 7. The molecule has 0 aliphatic carbocycles. The SMILES string of the molecule is CCN(CC)C(=O)c1cn(C2CCCN(Cc3ccc(NC(C)=O)cc3)C2)nn1. The van der Waals surface area contributed by atoms with Gasteiger partial charge in [0, 0.05) is 38.8 Å². The second kappa shape index (κ2) is 9.65. The van der Waals surface area contributed by atoms with Crippen molar-refractivity contribution < 1.29 is 9.59 Å². The molecule has 156 valence electrons. The minimum atomic E-state index is -0.0664. The molecule has 8 heteroatoms. The number of hydrogen-bond acceptors (Lipinski definition) is 5.